The third-order valence-electron chi connectivity index (χ3n) is 6.68. The van der Waals surface area contributed by atoms with Crippen LogP contribution in [-0.4, -0.2) is 54.9 Å². The molecule has 3 rings (SSSR count). The Morgan fingerprint density at radius 2 is 1.54 bits per heavy atom. The van der Waals surface area contributed by atoms with Gasteiger partial charge in [-0.2, -0.15) is 13.2 Å². The molecule has 0 aromatic heterocycles. The number of likely N-dealkylation sites (tertiary alicyclic amines) is 1. The maximum atomic E-state index is 13.1. The van der Waals surface area contributed by atoms with Gasteiger partial charge in [0.15, 0.2) is 0 Å². The first kappa shape index (κ1) is 28.0. The molecule has 1 aliphatic rings. The fraction of sp³-hybridized carbons (Fsp3) is 0.444. The van der Waals surface area contributed by atoms with Gasteiger partial charge in [-0.25, -0.2) is 0 Å². The Kier molecular flexibility index (Phi) is 9.18. The van der Waals surface area contributed by atoms with Crippen LogP contribution in [0.25, 0.3) is 0 Å². The second kappa shape index (κ2) is 12.1. The van der Waals surface area contributed by atoms with Crippen LogP contribution in [0.15, 0.2) is 48.5 Å². The molecular formula is C27H32F3N3O4. The van der Waals surface area contributed by atoms with E-state index >= 15 is 0 Å². The second-order valence-electron chi connectivity index (χ2n) is 9.20. The Morgan fingerprint density at radius 3 is 2.05 bits per heavy atom. The standard InChI is InChI=1S/C27H32F3N3O4/c1-4-17(2)31-25(35)23(32-24(34)19-7-11-22(37-3)12-8-19)18-13-15-33(16-14-18)26(36)20-5-9-21(10-6-20)27(28,29)30/h5-12,17-18,23H,4,13-16H2,1-3H3,(H,31,35)(H,32,34)/t17-,23-/m1/s1. The predicted molar refractivity (Wildman–Crippen MR) is 132 cm³/mol. The van der Waals surface area contributed by atoms with Gasteiger partial charge >= 0.3 is 6.18 Å². The fourth-order valence-corrected chi connectivity index (χ4v) is 4.22. The second-order valence-corrected chi connectivity index (χ2v) is 9.20. The average Bonchev–Trinajstić information content (AvgIpc) is 2.90. The zero-order valence-electron chi connectivity index (χ0n) is 21.1. The number of piperidine rings is 1. The molecule has 2 aromatic carbocycles. The minimum absolute atomic E-state index is 0.0748. The van der Waals surface area contributed by atoms with Crippen molar-refractivity contribution in [2.24, 2.45) is 5.92 Å². The molecule has 0 aliphatic carbocycles. The van der Waals surface area contributed by atoms with Crippen LogP contribution in [0.4, 0.5) is 13.2 Å². The quantitative estimate of drug-likeness (QED) is 0.545. The molecule has 1 saturated heterocycles. The molecule has 3 amide bonds. The molecule has 37 heavy (non-hydrogen) atoms. The molecule has 0 spiro atoms. The molecule has 10 heteroatoms. The van der Waals surface area contributed by atoms with Crippen molar-refractivity contribution < 1.29 is 32.3 Å². The third-order valence-corrected chi connectivity index (χ3v) is 6.68. The van der Waals surface area contributed by atoms with E-state index in [4.69, 9.17) is 4.74 Å². The lowest BCUT2D eigenvalue weighted by atomic mass is 9.88. The van der Waals surface area contributed by atoms with Gasteiger partial charge in [0, 0.05) is 30.3 Å². The molecule has 0 radical (unpaired) electrons. The average molecular weight is 520 g/mol. The van der Waals surface area contributed by atoms with Crippen molar-refractivity contribution in [1.29, 1.82) is 0 Å². The Labute approximate surface area is 214 Å². The number of hydrogen-bond donors (Lipinski definition) is 2. The van der Waals surface area contributed by atoms with Gasteiger partial charge in [0.1, 0.15) is 11.8 Å². The van der Waals surface area contributed by atoms with Crippen LogP contribution in [-0.2, 0) is 11.0 Å². The highest BCUT2D eigenvalue weighted by atomic mass is 19.4. The lowest BCUT2D eigenvalue weighted by Crippen LogP contribution is -2.55. The number of nitrogens with zero attached hydrogens (tertiary/aromatic N) is 1. The molecule has 2 atom stereocenters. The Bertz CT molecular complexity index is 1080. The minimum atomic E-state index is -4.47. The van der Waals surface area contributed by atoms with Crippen molar-refractivity contribution in [3.63, 3.8) is 0 Å². The topological polar surface area (TPSA) is 87.7 Å². The number of amides is 3. The number of carbonyl (C=O) groups excluding carboxylic acids is 3. The van der Waals surface area contributed by atoms with Crippen molar-refractivity contribution in [3.8, 4) is 5.75 Å². The number of ether oxygens (including phenoxy) is 1. The first-order chi connectivity index (χ1) is 17.5. The van der Waals surface area contributed by atoms with E-state index in [1.165, 1.54) is 19.2 Å². The summed E-state index contributed by atoms with van der Waals surface area (Å²) in [5, 5.41) is 5.80. The lowest BCUT2D eigenvalue weighted by Gasteiger charge is -2.36. The van der Waals surface area contributed by atoms with Crippen LogP contribution in [0.3, 0.4) is 0 Å². The van der Waals surface area contributed by atoms with E-state index in [1.54, 1.807) is 29.2 Å². The van der Waals surface area contributed by atoms with Crippen LogP contribution < -0.4 is 15.4 Å². The monoisotopic (exact) mass is 519 g/mol. The number of alkyl halides is 3. The highest BCUT2D eigenvalue weighted by molar-refractivity contribution is 5.98. The molecule has 1 fully saturated rings. The van der Waals surface area contributed by atoms with Crippen molar-refractivity contribution in [2.75, 3.05) is 20.2 Å². The van der Waals surface area contributed by atoms with Gasteiger partial charge in [0.25, 0.3) is 11.8 Å². The van der Waals surface area contributed by atoms with Crippen LogP contribution in [0.2, 0.25) is 0 Å². The zero-order chi connectivity index (χ0) is 27.2. The first-order valence-corrected chi connectivity index (χ1v) is 12.2. The molecule has 0 saturated carbocycles. The van der Waals surface area contributed by atoms with Crippen LogP contribution in [0.5, 0.6) is 5.75 Å². The maximum Gasteiger partial charge on any atom is 0.416 e. The zero-order valence-corrected chi connectivity index (χ0v) is 21.1. The highest BCUT2D eigenvalue weighted by Crippen LogP contribution is 2.30. The lowest BCUT2D eigenvalue weighted by molar-refractivity contribution is -0.137. The van der Waals surface area contributed by atoms with Crippen molar-refractivity contribution in [1.82, 2.24) is 15.5 Å². The van der Waals surface area contributed by atoms with Gasteiger partial charge in [-0.05, 0) is 80.6 Å². The molecule has 1 heterocycles. The van der Waals surface area contributed by atoms with E-state index in [1.807, 2.05) is 13.8 Å². The highest BCUT2D eigenvalue weighted by Gasteiger charge is 2.35. The van der Waals surface area contributed by atoms with Gasteiger partial charge in [0.05, 0.1) is 12.7 Å². The number of methoxy groups -OCH3 is 1. The third kappa shape index (κ3) is 7.24. The molecule has 0 bridgehead atoms. The SMILES string of the molecule is CC[C@@H](C)NC(=O)[C@H](NC(=O)c1ccc(OC)cc1)C1CCN(C(=O)c2ccc(C(F)(F)F)cc2)CC1. The predicted octanol–water partition coefficient (Wildman–Crippen LogP) is 4.28. The van der Waals surface area contributed by atoms with E-state index < -0.39 is 23.7 Å². The minimum Gasteiger partial charge on any atom is -0.497 e. The fourth-order valence-electron chi connectivity index (χ4n) is 4.22. The summed E-state index contributed by atoms with van der Waals surface area (Å²) in [6.07, 6.45) is -2.84. The number of rotatable bonds is 8. The molecule has 1 aliphatic heterocycles. The Morgan fingerprint density at radius 1 is 0.973 bits per heavy atom. The molecule has 2 N–H and O–H groups in total. The van der Waals surface area contributed by atoms with E-state index in [0.29, 0.717) is 37.2 Å². The summed E-state index contributed by atoms with van der Waals surface area (Å²) < 4.78 is 43.6. The molecule has 2 aromatic rings. The number of benzene rings is 2. The summed E-state index contributed by atoms with van der Waals surface area (Å²) in [5.74, 6) is -0.662. The van der Waals surface area contributed by atoms with Gasteiger partial charge in [-0.15, -0.1) is 0 Å². The summed E-state index contributed by atoms with van der Waals surface area (Å²) >= 11 is 0. The summed E-state index contributed by atoms with van der Waals surface area (Å²) in [4.78, 5) is 40.5. The largest absolute Gasteiger partial charge is 0.497 e. The van der Waals surface area contributed by atoms with E-state index in [0.717, 1.165) is 18.6 Å². The van der Waals surface area contributed by atoms with Crippen molar-refractivity contribution in [2.45, 2.75) is 51.4 Å². The number of hydrogen-bond acceptors (Lipinski definition) is 4. The molecule has 7 nitrogen and oxygen atoms in total. The van der Waals surface area contributed by atoms with Gasteiger partial charge in [-0.3, -0.25) is 14.4 Å². The van der Waals surface area contributed by atoms with Crippen LogP contribution in [0.1, 0.15) is 59.4 Å². The van der Waals surface area contributed by atoms with E-state index in [9.17, 15) is 27.6 Å². The van der Waals surface area contributed by atoms with Crippen LogP contribution in [0, 0.1) is 5.92 Å². The first-order valence-electron chi connectivity index (χ1n) is 12.2. The number of halogens is 3. The smallest absolute Gasteiger partial charge is 0.416 e. The summed E-state index contributed by atoms with van der Waals surface area (Å²) in [6, 6.07) is 9.81. The maximum absolute atomic E-state index is 13.1. The van der Waals surface area contributed by atoms with Crippen molar-refractivity contribution >= 4 is 17.7 Å². The molecular weight excluding hydrogens is 487 g/mol. The van der Waals surface area contributed by atoms with Crippen molar-refractivity contribution in [3.05, 3.63) is 65.2 Å². The van der Waals surface area contributed by atoms with E-state index in [2.05, 4.69) is 10.6 Å². The van der Waals surface area contributed by atoms with Crippen LogP contribution >= 0.6 is 0 Å². The van der Waals surface area contributed by atoms with Gasteiger partial charge in [-0.1, -0.05) is 6.92 Å². The molecule has 200 valence electrons. The summed E-state index contributed by atoms with van der Waals surface area (Å²) in [5.41, 5.74) is -0.257. The Hall–Kier alpha value is -3.56. The Balaban J connectivity index is 1.68. The number of carbonyl (C=O) groups is 3. The summed E-state index contributed by atoms with van der Waals surface area (Å²) in [7, 11) is 1.53. The molecule has 0 unspecified atom stereocenters. The summed E-state index contributed by atoms with van der Waals surface area (Å²) in [6.45, 7) is 4.46. The van der Waals surface area contributed by atoms with Gasteiger partial charge < -0.3 is 20.3 Å². The van der Waals surface area contributed by atoms with E-state index in [-0.39, 0.29) is 29.3 Å². The number of nitrogens with one attached hydrogen (secondary N) is 2. The normalized spacial score (nSPS) is 16.0. The van der Waals surface area contributed by atoms with Gasteiger partial charge in [0.2, 0.25) is 5.91 Å².